The van der Waals surface area contributed by atoms with E-state index in [1.807, 2.05) is 13.0 Å². The summed E-state index contributed by atoms with van der Waals surface area (Å²) in [6.07, 6.45) is 4.65. The molecule has 3 aromatic heterocycles. The predicted molar refractivity (Wildman–Crippen MR) is 138 cm³/mol. The lowest BCUT2D eigenvalue weighted by atomic mass is 9.57. The summed E-state index contributed by atoms with van der Waals surface area (Å²) < 4.78 is 48.4. The molecule has 4 aromatic rings. The number of ether oxygens (including phenoxy) is 1. The van der Waals surface area contributed by atoms with Crippen molar-refractivity contribution in [2.75, 3.05) is 6.61 Å². The van der Waals surface area contributed by atoms with Gasteiger partial charge in [0.2, 0.25) is 0 Å². The molecule has 7 rings (SSSR count). The first-order valence-corrected chi connectivity index (χ1v) is 13.1. The summed E-state index contributed by atoms with van der Waals surface area (Å²) >= 11 is 0. The molecule has 2 unspecified atom stereocenters. The number of benzene rings is 1. The van der Waals surface area contributed by atoms with Crippen molar-refractivity contribution < 1.29 is 27.8 Å². The lowest BCUT2D eigenvalue weighted by Gasteiger charge is -2.51. The number of halogens is 3. The highest BCUT2D eigenvalue weighted by atomic mass is 19.3. The number of rotatable bonds is 5. The number of carbonyl (C=O) groups is 1. The number of carbonyl (C=O) groups excluding carboxylic acids is 1. The Morgan fingerprint density at radius 1 is 1.23 bits per heavy atom. The van der Waals surface area contributed by atoms with E-state index in [0.29, 0.717) is 47.2 Å². The zero-order chi connectivity index (χ0) is 28.0. The molecule has 0 saturated heterocycles. The number of nitrogens with two attached hydrogens (primary N) is 1. The molecule has 3 aliphatic rings. The van der Waals surface area contributed by atoms with Gasteiger partial charge in [0.05, 0.1) is 28.5 Å². The number of aliphatic hydroxyl groups excluding tert-OH is 1. The number of hydrogen-bond donors (Lipinski definition) is 3. The van der Waals surface area contributed by atoms with Gasteiger partial charge in [0.25, 0.3) is 5.91 Å². The minimum atomic E-state index is -3.04. The van der Waals surface area contributed by atoms with Crippen LogP contribution in [0.4, 0.5) is 13.2 Å². The molecule has 206 valence electrons. The number of nitrogens with one attached hydrogen (secondary N) is 1. The van der Waals surface area contributed by atoms with E-state index in [1.165, 1.54) is 18.2 Å². The lowest BCUT2D eigenvalue weighted by molar-refractivity contribution is -0.0505. The van der Waals surface area contributed by atoms with E-state index in [1.54, 1.807) is 29.0 Å². The Hall–Kier alpha value is -3.96. The third-order valence-electron chi connectivity index (χ3n) is 8.54. The highest BCUT2D eigenvalue weighted by molar-refractivity contribution is 5.98. The Bertz CT molecular complexity index is 1700. The Balaban J connectivity index is 1.31. The van der Waals surface area contributed by atoms with E-state index < -0.39 is 29.9 Å². The molecule has 40 heavy (non-hydrogen) atoms. The molecule has 11 heteroatoms. The maximum atomic E-state index is 15.3. The zero-order valence-electron chi connectivity index (χ0n) is 21.5. The predicted octanol–water partition coefficient (Wildman–Crippen LogP) is 4.40. The molecule has 4 N–H and O–H groups in total. The first kappa shape index (κ1) is 25.0. The standard InChI is InChI=1S/C29H26F3N5O3/c1-28(13-38)11-29(33,12-28)25-18(30)7-15(10-34-25)14-5-6-37-20(8-14)23-17-9-19(24(23)36-37)35-26(39)16-3-2-4-21(22(16)17)40-27(31)32/h2-8,10,17,19,27,38H,9,11-13,33H2,1H3,(H,35,39). The highest BCUT2D eigenvalue weighted by Gasteiger charge is 2.52. The van der Waals surface area contributed by atoms with Gasteiger partial charge in [-0.15, -0.1) is 0 Å². The molecule has 4 heterocycles. The molecule has 2 aliphatic carbocycles. The molecule has 0 radical (unpaired) electrons. The fourth-order valence-corrected chi connectivity index (χ4v) is 6.98. The van der Waals surface area contributed by atoms with E-state index in [9.17, 15) is 18.7 Å². The number of hydrogen-bond acceptors (Lipinski definition) is 6. The number of fused-ring (bicyclic) bond motifs is 9. The Morgan fingerprint density at radius 2 is 2.02 bits per heavy atom. The molecule has 1 aliphatic heterocycles. The van der Waals surface area contributed by atoms with Crippen LogP contribution < -0.4 is 15.8 Å². The van der Waals surface area contributed by atoms with Crippen molar-refractivity contribution in [2.24, 2.45) is 11.1 Å². The van der Waals surface area contributed by atoms with Crippen LogP contribution in [0.15, 0.2) is 48.8 Å². The smallest absolute Gasteiger partial charge is 0.387 e. The van der Waals surface area contributed by atoms with Crippen LogP contribution in [-0.4, -0.2) is 38.8 Å². The average Bonchev–Trinajstić information content (AvgIpc) is 3.39. The quantitative estimate of drug-likeness (QED) is 0.340. The fraction of sp³-hybridized carbons (Fsp3) is 0.345. The average molecular weight is 550 g/mol. The fourth-order valence-electron chi connectivity index (χ4n) is 6.98. The molecule has 1 aromatic carbocycles. The van der Waals surface area contributed by atoms with Crippen molar-refractivity contribution in [3.63, 3.8) is 0 Å². The highest BCUT2D eigenvalue weighted by Crippen LogP contribution is 2.53. The minimum Gasteiger partial charge on any atom is -0.434 e. The zero-order valence-corrected chi connectivity index (χ0v) is 21.5. The molecule has 2 atom stereocenters. The van der Waals surface area contributed by atoms with Crippen LogP contribution in [0.1, 0.15) is 71.0 Å². The molecule has 1 saturated carbocycles. The second kappa shape index (κ2) is 8.52. The van der Waals surface area contributed by atoms with E-state index >= 15 is 4.39 Å². The van der Waals surface area contributed by atoms with Crippen LogP contribution in [0.3, 0.4) is 0 Å². The largest absolute Gasteiger partial charge is 0.434 e. The Kier molecular flexibility index (Phi) is 5.33. The monoisotopic (exact) mass is 549 g/mol. The normalized spacial score (nSPS) is 26.7. The van der Waals surface area contributed by atoms with Gasteiger partial charge in [-0.25, -0.2) is 8.91 Å². The molecular weight excluding hydrogens is 523 g/mol. The summed E-state index contributed by atoms with van der Waals surface area (Å²) in [6, 6.07) is 9.23. The van der Waals surface area contributed by atoms with Gasteiger partial charge in [-0.1, -0.05) is 13.0 Å². The van der Waals surface area contributed by atoms with Gasteiger partial charge in [0.1, 0.15) is 11.6 Å². The van der Waals surface area contributed by atoms with E-state index in [4.69, 9.17) is 15.6 Å². The lowest BCUT2D eigenvalue weighted by Crippen LogP contribution is -2.56. The Labute approximate surface area is 227 Å². The third kappa shape index (κ3) is 3.64. The van der Waals surface area contributed by atoms with E-state index in [-0.39, 0.29) is 34.9 Å². The van der Waals surface area contributed by atoms with Crippen molar-refractivity contribution in [3.05, 3.63) is 82.7 Å². The minimum absolute atomic E-state index is 0.0207. The molecule has 2 bridgehead atoms. The first-order valence-electron chi connectivity index (χ1n) is 13.1. The molecule has 1 fully saturated rings. The van der Waals surface area contributed by atoms with Crippen molar-refractivity contribution in [1.29, 1.82) is 0 Å². The molecular formula is C29H26F3N5O3. The van der Waals surface area contributed by atoms with Crippen LogP contribution in [0.5, 0.6) is 5.75 Å². The summed E-state index contributed by atoms with van der Waals surface area (Å²) in [4.78, 5) is 17.3. The van der Waals surface area contributed by atoms with Gasteiger partial charge in [0, 0.05) is 47.2 Å². The summed E-state index contributed by atoms with van der Waals surface area (Å²) in [5, 5.41) is 17.3. The van der Waals surface area contributed by atoms with Crippen LogP contribution >= 0.6 is 0 Å². The number of alkyl halides is 2. The third-order valence-corrected chi connectivity index (χ3v) is 8.54. The second-order valence-corrected chi connectivity index (χ2v) is 11.5. The van der Waals surface area contributed by atoms with Gasteiger partial charge in [-0.2, -0.15) is 13.9 Å². The number of nitrogens with zero attached hydrogens (tertiary/aromatic N) is 3. The summed E-state index contributed by atoms with van der Waals surface area (Å²) in [5.74, 6) is -1.33. The first-order chi connectivity index (χ1) is 19.1. The van der Waals surface area contributed by atoms with E-state index in [0.717, 1.165) is 5.56 Å². The van der Waals surface area contributed by atoms with Gasteiger partial charge in [-0.3, -0.25) is 9.78 Å². The van der Waals surface area contributed by atoms with Crippen LogP contribution in [0.25, 0.3) is 16.6 Å². The number of amides is 1. The maximum Gasteiger partial charge on any atom is 0.387 e. The number of aliphatic hydroxyl groups is 1. The van der Waals surface area contributed by atoms with Gasteiger partial charge >= 0.3 is 6.61 Å². The Morgan fingerprint density at radius 3 is 2.75 bits per heavy atom. The van der Waals surface area contributed by atoms with Gasteiger partial charge < -0.3 is 20.9 Å². The van der Waals surface area contributed by atoms with Crippen molar-refractivity contribution >= 4 is 11.4 Å². The number of aromatic nitrogens is 3. The maximum absolute atomic E-state index is 15.3. The van der Waals surface area contributed by atoms with E-state index in [2.05, 4.69) is 10.3 Å². The van der Waals surface area contributed by atoms with Crippen molar-refractivity contribution in [1.82, 2.24) is 19.9 Å². The number of pyridine rings is 2. The van der Waals surface area contributed by atoms with Crippen LogP contribution in [0, 0.1) is 11.2 Å². The van der Waals surface area contributed by atoms with Crippen LogP contribution in [0.2, 0.25) is 0 Å². The molecule has 8 nitrogen and oxygen atoms in total. The SMILES string of the molecule is CC1(CO)CC(N)(c2ncc(-c3ccn4nc5c(c4c3)C3CC5NC(=O)c4cccc(OC(F)F)c43)cc2F)C1. The van der Waals surface area contributed by atoms with Crippen molar-refractivity contribution in [3.8, 4) is 16.9 Å². The van der Waals surface area contributed by atoms with Gasteiger partial charge in [-0.05, 0) is 60.6 Å². The van der Waals surface area contributed by atoms with Crippen molar-refractivity contribution in [2.45, 2.75) is 50.3 Å². The molecule has 0 spiro atoms. The van der Waals surface area contributed by atoms with Gasteiger partial charge in [0.15, 0.2) is 0 Å². The molecule has 1 amide bonds. The summed E-state index contributed by atoms with van der Waals surface area (Å²) in [5.41, 5.74) is 9.44. The second-order valence-electron chi connectivity index (χ2n) is 11.5. The topological polar surface area (TPSA) is 115 Å². The summed E-state index contributed by atoms with van der Waals surface area (Å²) in [6.45, 7) is -1.15. The summed E-state index contributed by atoms with van der Waals surface area (Å²) in [7, 11) is 0. The van der Waals surface area contributed by atoms with Crippen LogP contribution in [-0.2, 0) is 5.54 Å².